The van der Waals surface area contributed by atoms with E-state index in [2.05, 4.69) is 19.6 Å². The fourth-order valence-electron chi connectivity index (χ4n) is 1.35. The summed E-state index contributed by atoms with van der Waals surface area (Å²) in [6.07, 6.45) is 5.82. The second-order valence-corrected chi connectivity index (χ2v) is 4.40. The van der Waals surface area contributed by atoms with Crippen molar-refractivity contribution in [2.75, 3.05) is 0 Å². The molecule has 3 nitrogen and oxygen atoms in total. The molecule has 2 unspecified atom stereocenters. The molecule has 0 radical (unpaired) electrons. The monoisotopic (exact) mass is 219 g/mol. The lowest BCUT2D eigenvalue weighted by molar-refractivity contribution is -0.138. The van der Waals surface area contributed by atoms with Gasteiger partial charge in [-0.1, -0.05) is 26.2 Å². The number of hydrogen-bond donors (Lipinski definition) is 3. The SMILES string of the molecule is CCCC(S)CCCCC(N)C(=O)O. The van der Waals surface area contributed by atoms with Crippen LogP contribution in [-0.4, -0.2) is 22.4 Å². The summed E-state index contributed by atoms with van der Waals surface area (Å²) in [5.41, 5.74) is 5.37. The summed E-state index contributed by atoms with van der Waals surface area (Å²) in [5, 5.41) is 8.99. The summed E-state index contributed by atoms with van der Waals surface area (Å²) in [6, 6.07) is -0.695. The topological polar surface area (TPSA) is 63.3 Å². The Bertz CT molecular complexity index is 164. The van der Waals surface area contributed by atoms with E-state index in [1.807, 2.05) is 0 Å². The van der Waals surface area contributed by atoms with Crippen LogP contribution < -0.4 is 5.73 Å². The Hall–Kier alpha value is -0.220. The summed E-state index contributed by atoms with van der Waals surface area (Å²) in [6.45, 7) is 2.14. The van der Waals surface area contributed by atoms with Crippen LogP contribution in [0.2, 0.25) is 0 Å². The molecule has 0 aromatic heterocycles. The molecule has 0 amide bonds. The average Bonchev–Trinajstić information content (AvgIpc) is 2.12. The van der Waals surface area contributed by atoms with Gasteiger partial charge in [0.05, 0.1) is 0 Å². The van der Waals surface area contributed by atoms with Gasteiger partial charge in [0, 0.05) is 5.25 Å². The molecule has 0 aliphatic carbocycles. The molecule has 0 saturated heterocycles. The third kappa shape index (κ3) is 7.21. The first-order valence-corrected chi connectivity index (χ1v) is 5.76. The maximum absolute atomic E-state index is 10.4. The first-order valence-electron chi connectivity index (χ1n) is 5.24. The molecule has 0 rings (SSSR count). The Balaban J connectivity index is 3.33. The number of carboxylic acids is 1. The molecule has 0 bridgehead atoms. The van der Waals surface area contributed by atoms with Crippen LogP contribution in [0.25, 0.3) is 0 Å². The third-order valence-corrected chi connectivity index (χ3v) is 2.76. The minimum atomic E-state index is -0.902. The van der Waals surface area contributed by atoms with Crippen molar-refractivity contribution < 1.29 is 9.90 Å². The molecular formula is C10H21NO2S. The fourth-order valence-corrected chi connectivity index (χ4v) is 1.79. The van der Waals surface area contributed by atoms with Crippen molar-refractivity contribution in [2.24, 2.45) is 5.73 Å². The van der Waals surface area contributed by atoms with Crippen LogP contribution in [0.3, 0.4) is 0 Å². The van der Waals surface area contributed by atoms with E-state index in [0.717, 1.165) is 32.1 Å². The van der Waals surface area contributed by atoms with Gasteiger partial charge in [0.25, 0.3) is 0 Å². The molecule has 4 heteroatoms. The summed E-state index contributed by atoms with van der Waals surface area (Å²) in [4.78, 5) is 10.4. The number of unbranched alkanes of at least 4 members (excludes halogenated alkanes) is 1. The predicted octanol–water partition coefficient (Wildman–Crippen LogP) is 2.06. The van der Waals surface area contributed by atoms with Crippen LogP contribution in [-0.2, 0) is 4.79 Å². The van der Waals surface area contributed by atoms with E-state index >= 15 is 0 Å². The highest BCUT2D eigenvalue weighted by Gasteiger charge is 2.10. The summed E-state index contributed by atoms with van der Waals surface area (Å²) < 4.78 is 0. The summed E-state index contributed by atoms with van der Waals surface area (Å²) in [5.74, 6) is -0.902. The van der Waals surface area contributed by atoms with Crippen molar-refractivity contribution in [3.8, 4) is 0 Å². The maximum Gasteiger partial charge on any atom is 0.320 e. The molecule has 2 atom stereocenters. The lowest BCUT2D eigenvalue weighted by Gasteiger charge is -2.09. The van der Waals surface area contributed by atoms with Gasteiger partial charge in [0.2, 0.25) is 0 Å². The predicted molar refractivity (Wildman–Crippen MR) is 61.8 cm³/mol. The zero-order chi connectivity index (χ0) is 11.0. The van der Waals surface area contributed by atoms with Crippen LogP contribution in [0.4, 0.5) is 0 Å². The molecule has 0 heterocycles. The van der Waals surface area contributed by atoms with E-state index in [1.165, 1.54) is 0 Å². The van der Waals surface area contributed by atoms with E-state index in [0.29, 0.717) is 11.7 Å². The normalized spacial score (nSPS) is 15.1. The Kier molecular flexibility index (Phi) is 7.99. The van der Waals surface area contributed by atoms with Crippen LogP contribution in [0, 0.1) is 0 Å². The molecular weight excluding hydrogens is 198 g/mol. The number of carbonyl (C=O) groups is 1. The van der Waals surface area contributed by atoms with Crippen LogP contribution in [0.5, 0.6) is 0 Å². The van der Waals surface area contributed by atoms with Crippen molar-refractivity contribution in [1.29, 1.82) is 0 Å². The van der Waals surface area contributed by atoms with Gasteiger partial charge in [0.15, 0.2) is 0 Å². The highest BCUT2D eigenvalue weighted by molar-refractivity contribution is 7.80. The van der Waals surface area contributed by atoms with E-state index in [9.17, 15) is 4.79 Å². The van der Waals surface area contributed by atoms with Crippen molar-refractivity contribution in [1.82, 2.24) is 0 Å². The lowest BCUT2D eigenvalue weighted by atomic mass is 10.1. The van der Waals surface area contributed by atoms with Crippen molar-refractivity contribution >= 4 is 18.6 Å². The molecule has 14 heavy (non-hydrogen) atoms. The molecule has 3 N–H and O–H groups in total. The van der Waals surface area contributed by atoms with Gasteiger partial charge in [-0.3, -0.25) is 4.79 Å². The molecule has 0 aromatic rings. The summed E-state index contributed by atoms with van der Waals surface area (Å²) in [7, 11) is 0. The molecule has 0 aliphatic heterocycles. The van der Waals surface area contributed by atoms with Crippen molar-refractivity contribution in [2.45, 2.75) is 56.7 Å². The number of thiol groups is 1. The minimum absolute atomic E-state index is 0.459. The smallest absolute Gasteiger partial charge is 0.320 e. The van der Waals surface area contributed by atoms with Crippen LogP contribution in [0.15, 0.2) is 0 Å². The van der Waals surface area contributed by atoms with Gasteiger partial charge in [0.1, 0.15) is 6.04 Å². The number of nitrogens with two attached hydrogens (primary N) is 1. The Labute approximate surface area is 91.5 Å². The molecule has 0 spiro atoms. The van der Waals surface area contributed by atoms with Gasteiger partial charge >= 0.3 is 5.97 Å². The standard InChI is InChI=1S/C10H21NO2S/c1-2-5-8(14)6-3-4-7-9(11)10(12)13/h8-9,14H,2-7,11H2,1H3,(H,12,13). The minimum Gasteiger partial charge on any atom is -0.480 e. The van der Waals surface area contributed by atoms with Crippen molar-refractivity contribution in [3.63, 3.8) is 0 Å². The fraction of sp³-hybridized carbons (Fsp3) is 0.900. The highest BCUT2D eigenvalue weighted by atomic mass is 32.1. The zero-order valence-electron chi connectivity index (χ0n) is 8.78. The molecule has 84 valence electrons. The Morgan fingerprint density at radius 1 is 1.36 bits per heavy atom. The van der Waals surface area contributed by atoms with E-state index in [1.54, 1.807) is 0 Å². The first kappa shape index (κ1) is 13.8. The van der Waals surface area contributed by atoms with Crippen LogP contribution in [0.1, 0.15) is 45.4 Å². The second kappa shape index (κ2) is 8.12. The molecule has 0 aliphatic rings. The maximum atomic E-state index is 10.4. The molecule has 0 fully saturated rings. The van der Waals surface area contributed by atoms with Gasteiger partial charge in [-0.15, -0.1) is 0 Å². The van der Waals surface area contributed by atoms with E-state index < -0.39 is 12.0 Å². The van der Waals surface area contributed by atoms with Gasteiger partial charge in [-0.2, -0.15) is 12.6 Å². The van der Waals surface area contributed by atoms with Gasteiger partial charge in [-0.05, 0) is 19.3 Å². The number of hydrogen-bond acceptors (Lipinski definition) is 3. The third-order valence-electron chi connectivity index (χ3n) is 2.24. The number of rotatable bonds is 8. The first-order chi connectivity index (χ1) is 6.57. The average molecular weight is 219 g/mol. The number of aliphatic carboxylic acids is 1. The lowest BCUT2D eigenvalue weighted by Crippen LogP contribution is -2.29. The van der Waals surface area contributed by atoms with Crippen LogP contribution >= 0.6 is 12.6 Å². The largest absolute Gasteiger partial charge is 0.480 e. The quantitative estimate of drug-likeness (QED) is 0.432. The second-order valence-electron chi connectivity index (χ2n) is 3.67. The van der Waals surface area contributed by atoms with E-state index in [-0.39, 0.29) is 0 Å². The van der Waals surface area contributed by atoms with Crippen molar-refractivity contribution in [3.05, 3.63) is 0 Å². The highest BCUT2D eigenvalue weighted by Crippen LogP contribution is 2.13. The van der Waals surface area contributed by atoms with Gasteiger partial charge < -0.3 is 10.8 Å². The van der Waals surface area contributed by atoms with Gasteiger partial charge in [-0.25, -0.2) is 0 Å². The summed E-state index contributed by atoms with van der Waals surface area (Å²) >= 11 is 4.43. The molecule has 0 saturated carbocycles. The molecule has 0 aromatic carbocycles. The Morgan fingerprint density at radius 2 is 1.93 bits per heavy atom. The van der Waals surface area contributed by atoms with E-state index in [4.69, 9.17) is 10.8 Å². The number of carboxylic acid groups (broad SMARTS) is 1. The zero-order valence-corrected chi connectivity index (χ0v) is 9.67. The Morgan fingerprint density at radius 3 is 2.43 bits per heavy atom.